The summed E-state index contributed by atoms with van der Waals surface area (Å²) in [7, 11) is 0. The Bertz CT molecular complexity index is 766. The van der Waals surface area contributed by atoms with Crippen molar-refractivity contribution in [3.63, 3.8) is 0 Å². The molecule has 0 aliphatic heterocycles. The third-order valence-corrected chi connectivity index (χ3v) is 4.26. The van der Waals surface area contributed by atoms with E-state index >= 15 is 0 Å². The van der Waals surface area contributed by atoms with Gasteiger partial charge in [0.05, 0.1) is 5.69 Å². The fourth-order valence-corrected chi connectivity index (χ4v) is 2.71. The topological polar surface area (TPSA) is 37.9 Å². The third-order valence-electron chi connectivity index (χ3n) is 3.73. The van der Waals surface area contributed by atoms with Crippen LogP contribution in [0.5, 0.6) is 5.75 Å². The molecule has 3 aromatic rings. The van der Waals surface area contributed by atoms with Gasteiger partial charge in [-0.05, 0) is 43.7 Å². The number of hydrogen-bond acceptors (Lipinski definition) is 2. The molecule has 0 fully saturated rings. The number of halogens is 1. The Balaban J connectivity index is 1.73. The van der Waals surface area contributed by atoms with E-state index < -0.39 is 0 Å². The van der Waals surface area contributed by atoms with Crippen LogP contribution >= 0.6 is 15.9 Å². The molecule has 1 aromatic heterocycles. The van der Waals surface area contributed by atoms with Gasteiger partial charge in [0.25, 0.3) is 0 Å². The highest BCUT2D eigenvalue weighted by molar-refractivity contribution is 9.10. The van der Waals surface area contributed by atoms with Gasteiger partial charge in [-0.15, -0.1) is 0 Å². The number of ether oxygens (including phenoxy) is 1. The molecule has 0 amide bonds. The van der Waals surface area contributed by atoms with Gasteiger partial charge in [0.15, 0.2) is 6.10 Å². The summed E-state index contributed by atoms with van der Waals surface area (Å²) in [6, 6.07) is 18.2. The number of aromatic nitrogens is 2. The number of nitrogens with one attached hydrogen (secondary N) is 1. The minimum atomic E-state index is -0.116. The fraction of sp³-hybridized carbons (Fsp3) is 0.211. The summed E-state index contributed by atoms with van der Waals surface area (Å²) >= 11 is 3.46. The summed E-state index contributed by atoms with van der Waals surface area (Å²) in [5.74, 6) is 1.71. The SMILES string of the molecule is Cc1[nH]c(C(C)Oc2ccccc2)nc1Cc1ccc(Br)cc1. The van der Waals surface area contributed by atoms with Crippen molar-refractivity contribution in [3.8, 4) is 5.75 Å². The van der Waals surface area contributed by atoms with Gasteiger partial charge in [-0.2, -0.15) is 0 Å². The van der Waals surface area contributed by atoms with E-state index in [1.165, 1.54) is 5.56 Å². The minimum absolute atomic E-state index is 0.116. The predicted molar refractivity (Wildman–Crippen MR) is 95.8 cm³/mol. The van der Waals surface area contributed by atoms with E-state index in [2.05, 4.69) is 52.1 Å². The van der Waals surface area contributed by atoms with Crippen LogP contribution in [0.15, 0.2) is 59.1 Å². The smallest absolute Gasteiger partial charge is 0.153 e. The first-order valence-corrected chi connectivity index (χ1v) is 8.42. The van der Waals surface area contributed by atoms with Crippen LogP contribution in [0.25, 0.3) is 0 Å². The summed E-state index contributed by atoms with van der Waals surface area (Å²) in [4.78, 5) is 8.08. The average Bonchev–Trinajstić information content (AvgIpc) is 2.92. The monoisotopic (exact) mass is 370 g/mol. The second-order valence-electron chi connectivity index (χ2n) is 5.57. The number of para-hydroxylation sites is 1. The molecule has 1 N–H and O–H groups in total. The highest BCUT2D eigenvalue weighted by atomic mass is 79.9. The van der Waals surface area contributed by atoms with Gasteiger partial charge < -0.3 is 9.72 Å². The van der Waals surface area contributed by atoms with Crippen molar-refractivity contribution >= 4 is 15.9 Å². The molecule has 0 radical (unpaired) electrons. The van der Waals surface area contributed by atoms with Crippen molar-refractivity contribution in [3.05, 3.63) is 81.8 Å². The Morgan fingerprint density at radius 3 is 2.48 bits per heavy atom. The number of aryl methyl sites for hydroxylation is 1. The lowest BCUT2D eigenvalue weighted by Gasteiger charge is -2.12. The van der Waals surface area contributed by atoms with Crippen LogP contribution in [0.1, 0.15) is 35.8 Å². The van der Waals surface area contributed by atoms with Crippen LogP contribution < -0.4 is 4.74 Å². The maximum Gasteiger partial charge on any atom is 0.153 e. The molecule has 23 heavy (non-hydrogen) atoms. The molecule has 0 saturated heterocycles. The van der Waals surface area contributed by atoms with E-state index in [9.17, 15) is 0 Å². The number of hydrogen-bond donors (Lipinski definition) is 1. The van der Waals surface area contributed by atoms with Crippen LogP contribution in [0, 0.1) is 6.92 Å². The predicted octanol–water partition coefficient (Wildman–Crippen LogP) is 5.21. The van der Waals surface area contributed by atoms with E-state index in [0.717, 1.165) is 33.9 Å². The first-order valence-electron chi connectivity index (χ1n) is 7.63. The quantitative estimate of drug-likeness (QED) is 0.669. The molecule has 0 bridgehead atoms. The fourth-order valence-electron chi connectivity index (χ4n) is 2.44. The second kappa shape index (κ2) is 7.01. The zero-order chi connectivity index (χ0) is 16.2. The number of benzene rings is 2. The van der Waals surface area contributed by atoms with E-state index in [1.807, 2.05) is 37.3 Å². The summed E-state index contributed by atoms with van der Waals surface area (Å²) in [5, 5.41) is 0. The van der Waals surface area contributed by atoms with Crippen LogP contribution in [-0.4, -0.2) is 9.97 Å². The van der Waals surface area contributed by atoms with Gasteiger partial charge in [-0.25, -0.2) is 4.98 Å². The van der Waals surface area contributed by atoms with Crippen molar-refractivity contribution in [2.45, 2.75) is 26.4 Å². The summed E-state index contributed by atoms with van der Waals surface area (Å²) in [6.07, 6.45) is 0.697. The third kappa shape index (κ3) is 4.02. The molecule has 1 atom stereocenters. The molecule has 0 saturated carbocycles. The van der Waals surface area contributed by atoms with Gasteiger partial charge in [0.1, 0.15) is 11.6 Å². The first kappa shape index (κ1) is 15.8. The van der Waals surface area contributed by atoms with Crippen molar-refractivity contribution in [2.75, 3.05) is 0 Å². The number of aromatic amines is 1. The van der Waals surface area contributed by atoms with Crippen molar-refractivity contribution in [1.82, 2.24) is 9.97 Å². The lowest BCUT2D eigenvalue weighted by atomic mass is 10.1. The lowest BCUT2D eigenvalue weighted by molar-refractivity contribution is 0.217. The minimum Gasteiger partial charge on any atom is -0.483 e. The van der Waals surface area contributed by atoms with Gasteiger partial charge in [0, 0.05) is 16.6 Å². The molecular formula is C19H19BrN2O. The molecule has 0 spiro atoms. The van der Waals surface area contributed by atoms with Gasteiger partial charge in [-0.1, -0.05) is 46.3 Å². The van der Waals surface area contributed by atoms with Crippen molar-refractivity contribution in [1.29, 1.82) is 0 Å². The maximum absolute atomic E-state index is 5.93. The highest BCUT2D eigenvalue weighted by Gasteiger charge is 2.14. The molecule has 0 aliphatic carbocycles. The maximum atomic E-state index is 5.93. The summed E-state index contributed by atoms with van der Waals surface area (Å²) < 4.78 is 7.02. The van der Waals surface area contributed by atoms with Crippen LogP contribution in [-0.2, 0) is 6.42 Å². The van der Waals surface area contributed by atoms with Gasteiger partial charge in [-0.3, -0.25) is 0 Å². The molecule has 4 heteroatoms. The van der Waals surface area contributed by atoms with Crippen molar-refractivity contribution in [2.24, 2.45) is 0 Å². The molecule has 2 aromatic carbocycles. The van der Waals surface area contributed by atoms with Crippen LogP contribution in [0.2, 0.25) is 0 Å². The Morgan fingerprint density at radius 1 is 1.09 bits per heavy atom. The lowest BCUT2D eigenvalue weighted by Crippen LogP contribution is -2.05. The number of imidazole rings is 1. The van der Waals surface area contributed by atoms with Crippen LogP contribution in [0.4, 0.5) is 0 Å². The highest BCUT2D eigenvalue weighted by Crippen LogP contribution is 2.22. The summed E-state index contributed by atoms with van der Waals surface area (Å²) in [6.45, 7) is 4.06. The van der Waals surface area contributed by atoms with E-state index in [-0.39, 0.29) is 6.10 Å². The number of H-pyrrole nitrogens is 1. The Hall–Kier alpha value is -2.07. The molecular weight excluding hydrogens is 352 g/mol. The molecule has 3 nitrogen and oxygen atoms in total. The average molecular weight is 371 g/mol. The van der Waals surface area contributed by atoms with Gasteiger partial charge in [0.2, 0.25) is 0 Å². The number of rotatable bonds is 5. The second-order valence-corrected chi connectivity index (χ2v) is 6.49. The zero-order valence-corrected chi connectivity index (χ0v) is 14.8. The Kier molecular flexibility index (Phi) is 4.82. The Morgan fingerprint density at radius 2 is 1.78 bits per heavy atom. The van der Waals surface area contributed by atoms with E-state index in [1.54, 1.807) is 0 Å². The van der Waals surface area contributed by atoms with E-state index in [4.69, 9.17) is 9.72 Å². The van der Waals surface area contributed by atoms with Crippen molar-refractivity contribution < 1.29 is 4.74 Å². The Labute approximate surface area is 144 Å². The first-order chi connectivity index (χ1) is 11.1. The molecule has 0 aliphatic rings. The largest absolute Gasteiger partial charge is 0.483 e. The molecule has 118 valence electrons. The molecule has 1 unspecified atom stereocenters. The van der Waals surface area contributed by atoms with Crippen LogP contribution in [0.3, 0.4) is 0 Å². The summed E-state index contributed by atoms with van der Waals surface area (Å²) in [5.41, 5.74) is 3.39. The standard InChI is InChI=1S/C19H19BrN2O/c1-13-18(12-15-8-10-16(20)11-9-15)22-19(21-13)14(2)23-17-6-4-3-5-7-17/h3-11,14H,12H2,1-2H3,(H,21,22). The normalized spacial score (nSPS) is 12.1. The van der Waals surface area contributed by atoms with Gasteiger partial charge >= 0.3 is 0 Å². The van der Waals surface area contributed by atoms with E-state index in [0.29, 0.717) is 0 Å². The number of nitrogens with zero attached hydrogens (tertiary/aromatic N) is 1. The zero-order valence-electron chi connectivity index (χ0n) is 13.2. The molecule has 3 rings (SSSR count). The molecule has 1 heterocycles.